The normalized spacial score (nSPS) is 11.6. The Morgan fingerprint density at radius 1 is 1.50 bits per heavy atom. The number of carbonyl (C=O) groups is 1. The first kappa shape index (κ1) is 16.1. The maximum Gasteiger partial charge on any atom is 0.253 e. The van der Waals surface area contributed by atoms with Crippen molar-refractivity contribution in [1.82, 2.24) is 5.32 Å². The zero-order chi connectivity index (χ0) is 13.8. The average Bonchev–Trinajstić information content (AvgIpc) is 2.63. The lowest BCUT2D eigenvalue weighted by Crippen LogP contribution is -2.34. The van der Waals surface area contributed by atoms with Gasteiger partial charge in [0, 0.05) is 20.3 Å². The van der Waals surface area contributed by atoms with E-state index < -0.39 is 0 Å². The molecule has 0 saturated heterocycles. The van der Waals surface area contributed by atoms with E-state index in [1.165, 1.54) is 11.3 Å². The summed E-state index contributed by atoms with van der Waals surface area (Å²) in [7, 11) is 1.69. The predicted molar refractivity (Wildman–Crippen MR) is 82.3 cm³/mol. The second-order valence-corrected chi connectivity index (χ2v) is 8.58. The monoisotopic (exact) mass is 397 g/mol. The molecule has 0 atom stereocenters. The van der Waals surface area contributed by atoms with E-state index in [2.05, 4.69) is 51.0 Å². The van der Waals surface area contributed by atoms with Crippen molar-refractivity contribution >= 4 is 49.1 Å². The van der Waals surface area contributed by atoms with Crippen molar-refractivity contribution in [1.29, 1.82) is 0 Å². The lowest BCUT2D eigenvalue weighted by Gasteiger charge is -2.24. The summed E-state index contributed by atoms with van der Waals surface area (Å²) in [6.07, 6.45) is 0.915. The summed E-state index contributed by atoms with van der Waals surface area (Å²) in [5.41, 5.74) is 0.709. The van der Waals surface area contributed by atoms with Crippen molar-refractivity contribution in [3.05, 3.63) is 19.2 Å². The van der Waals surface area contributed by atoms with E-state index in [0.717, 1.165) is 14.0 Å². The number of nitrogens with one attached hydrogen (secondary N) is 1. The number of amides is 1. The summed E-state index contributed by atoms with van der Waals surface area (Å²) in [4.78, 5) is 12.0. The number of thiophene rings is 1. The topological polar surface area (TPSA) is 38.3 Å². The quantitative estimate of drug-likeness (QED) is 0.784. The second kappa shape index (κ2) is 7.03. The minimum atomic E-state index is -0.0469. The van der Waals surface area contributed by atoms with Gasteiger partial charge >= 0.3 is 0 Å². The van der Waals surface area contributed by atoms with Crippen molar-refractivity contribution in [3.8, 4) is 0 Å². The minimum Gasteiger partial charge on any atom is -0.385 e. The molecule has 0 fully saturated rings. The number of ether oxygens (including phenoxy) is 1. The zero-order valence-corrected chi connectivity index (χ0v) is 14.7. The van der Waals surface area contributed by atoms with Crippen LogP contribution in [0.5, 0.6) is 0 Å². The van der Waals surface area contributed by atoms with Crippen molar-refractivity contribution in [2.75, 3.05) is 20.3 Å². The maximum absolute atomic E-state index is 12.0. The molecule has 0 saturated carbocycles. The molecule has 0 unspecified atom stereocenters. The van der Waals surface area contributed by atoms with Gasteiger partial charge in [0.2, 0.25) is 0 Å². The Labute approximate surface area is 129 Å². The molecule has 0 bridgehead atoms. The third-order valence-corrected chi connectivity index (χ3v) is 4.95. The fourth-order valence-corrected chi connectivity index (χ4v) is 4.17. The Bertz CT molecular complexity index is 418. The standard InChI is InChI=1S/C12H17Br2NO2S/c1-12(2,4-5-17-3)7-15-11(16)8-6-9(13)18-10(8)14/h6H,4-5,7H2,1-3H3,(H,15,16). The summed E-state index contributed by atoms with van der Waals surface area (Å²) in [6, 6.07) is 1.83. The van der Waals surface area contributed by atoms with Gasteiger partial charge in [0.15, 0.2) is 0 Å². The Morgan fingerprint density at radius 2 is 2.17 bits per heavy atom. The number of halogens is 2. The van der Waals surface area contributed by atoms with Crippen LogP contribution in [0.15, 0.2) is 13.6 Å². The fourth-order valence-electron chi connectivity index (χ4n) is 1.38. The predicted octanol–water partition coefficient (Wildman–Crippen LogP) is 4.07. The molecular weight excluding hydrogens is 382 g/mol. The van der Waals surface area contributed by atoms with Crippen molar-refractivity contribution in [2.24, 2.45) is 5.41 Å². The van der Waals surface area contributed by atoms with Crippen LogP contribution in [0.4, 0.5) is 0 Å². The lowest BCUT2D eigenvalue weighted by molar-refractivity contribution is 0.0920. The van der Waals surface area contributed by atoms with Crippen LogP contribution in [0.1, 0.15) is 30.6 Å². The molecule has 18 heavy (non-hydrogen) atoms. The van der Waals surface area contributed by atoms with Gasteiger partial charge in [-0.3, -0.25) is 4.79 Å². The summed E-state index contributed by atoms with van der Waals surface area (Å²) < 4.78 is 6.86. The fraction of sp³-hybridized carbons (Fsp3) is 0.583. The van der Waals surface area contributed by atoms with Gasteiger partial charge in [0.25, 0.3) is 5.91 Å². The summed E-state index contributed by atoms with van der Waals surface area (Å²) in [5, 5.41) is 2.96. The number of carbonyl (C=O) groups excluding carboxylic acids is 1. The third-order valence-electron chi connectivity index (χ3n) is 2.61. The van der Waals surface area contributed by atoms with Crippen molar-refractivity contribution in [3.63, 3.8) is 0 Å². The molecule has 0 aliphatic rings. The molecule has 1 aromatic rings. The van der Waals surface area contributed by atoms with Crippen LogP contribution in [-0.4, -0.2) is 26.2 Å². The van der Waals surface area contributed by atoms with Gasteiger partial charge in [0.1, 0.15) is 0 Å². The molecule has 0 aromatic carbocycles. The SMILES string of the molecule is COCCC(C)(C)CNC(=O)c1cc(Br)sc1Br. The Balaban J connectivity index is 2.53. The largest absolute Gasteiger partial charge is 0.385 e. The highest BCUT2D eigenvalue weighted by Gasteiger charge is 2.20. The van der Waals surface area contributed by atoms with E-state index >= 15 is 0 Å². The van der Waals surface area contributed by atoms with E-state index in [1.54, 1.807) is 7.11 Å². The highest BCUT2D eigenvalue weighted by atomic mass is 79.9. The van der Waals surface area contributed by atoms with Crippen LogP contribution >= 0.6 is 43.2 Å². The van der Waals surface area contributed by atoms with Crippen molar-refractivity contribution in [2.45, 2.75) is 20.3 Å². The first-order valence-electron chi connectivity index (χ1n) is 5.58. The van der Waals surface area contributed by atoms with E-state index in [1.807, 2.05) is 6.07 Å². The first-order valence-corrected chi connectivity index (χ1v) is 7.98. The third kappa shape index (κ3) is 4.99. The molecule has 1 amide bonds. The van der Waals surface area contributed by atoms with Crippen LogP contribution in [-0.2, 0) is 4.74 Å². The first-order chi connectivity index (χ1) is 8.35. The molecule has 1 N–H and O–H groups in total. The van der Waals surface area contributed by atoms with E-state index in [4.69, 9.17) is 4.74 Å². The van der Waals surface area contributed by atoms with Crippen LogP contribution < -0.4 is 5.32 Å². The van der Waals surface area contributed by atoms with E-state index in [-0.39, 0.29) is 11.3 Å². The smallest absolute Gasteiger partial charge is 0.253 e. The molecule has 0 aliphatic carbocycles. The Hall–Kier alpha value is 0.0900. The summed E-state index contributed by atoms with van der Waals surface area (Å²) in [5.74, 6) is -0.0469. The minimum absolute atomic E-state index is 0.0331. The molecule has 1 heterocycles. The van der Waals surface area contributed by atoms with Crippen LogP contribution in [0.3, 0.4) is 0 Å². The zero-order valence-electron chi connectivity index (χ0n) is 10.7. The van der Waals surface area contributed by atoms with Gasteiger partial charge in [-0.15, -0.1) is 11.3 Å². The molecule has 0 aliphatic heterocycles. The molecule has 0 spiro atoms. The number of hydrogen-bond acceptors (Lipinski definition) is 3. The van der Waals surface area contributed by atoms with Gasteiger partial charge in [-0.1, -0.05) is 13.8 Å². The van der Waals surface area contributed by atoms with Crippen molar-refractivity contribution < 1.29 is 9.53 Å². The molecule has 0 radical (unpaired) electrons. The highest BCUT2D eigenvalue weighted by Crippen LogP contribution is 2.31. The number of hydrogen-bond donors (Lipinski definition) is 1. The number of methoxy groups -OCH3 is 1. The van der Waals surface area contributed by atoms with Crippen LogP contribution in [0.25, 0.3) is 0 Å². The van der Waals surface area contributed by atoms with Gasteiger partial charge in [-0.25, -0.2) is 0 Å². The molecule has 6 heteroatoms. The molecule has 3 nitrogen and oxygen atoms in total. The molecule has 1 rings (SSSR count). The summed E-state index contributed by atoms with van der Waals surface area (Å²) >= 11 is 8.25. The number of rotatable bonds is 6. The van der Waals surface area contributed by atoms with Gasteiger partial charge in [0.05, 0.1) is 13.1 Å². The lowest BCUT2D eigenvalue weighted by atomic mass is 9.89. The maximum atomic E-state index is 12.0. The van der Waals surface area contributed by atoms with Crippen LogP contribution in [0, 0.1) is 5.41 Å². The van der Waals surface area contributed by atoms with E-state index in [9.17, 15) is 4.79 Å². The second-order valence-electron chi connectivity index (χ2n) is 4.83. The molecule has 1 aromatic heterocycles. The highest BCUT2D eigenvalue weighted by molar-refractivity contribution is 9.12. The van der Waals surface area contributed by atoms with E-state index in [0.29, 0.717) is 18.7 Å². The average molecular weight is 399 g/mol. The Morgan fingerprint density at radius 3 is 2.67 bits per heavy atom. The van der Waals surface area contributed by atoms with Gasteiger partial charge < -0.3 is 10.1 Å². The van der Waals surface area contributed by atoms with Gasteiger partial charge in [-0.2, -0.15) is 0 Å². The molecular formula is C12H17Br2NO2S. The molecule has 102 valence electrons. The Kier molecular flexibility index (Phi) is 6.30. The van der Waals surface area contributed by atoms with Gasteiger partial charge in [-0.05, 0) is 49.8 Å². The summed E-state index contributed by atoms with van der Waals surface area (Å²) in [6.45, 7) is 5.57. The van der Waals surface area contributed by atoms with Crippen LogP contribution in [0.2, 0.25) is 0 Å².